The predicted octanol–water partition coefficient (Wildman–Crippen LogP) is 4.23. The van der Waals surface area contributed by atoms with Gasteiger partial charge in [0.2, 0.25) is 6.29 Å². The molecule has 6 heteroatoms. The fraction of sp³-hybridized carbons (Fsp3) is 0.476. The first kappa shape index (κ1) is 18.2. The van der Waals surface area contributed by atoms with E-state index in [0.29, 0.717) is 0 Å². The molecule has 1 aliphatic heterocycles. The van der Waals surface area contributed by atoms with Crippen LogP contribution in [0.15, 0.2) is 47.3 Å². The maximum absolute atomic E-state index is 13.1. The number of rotatable bonds is 3. The Hall–Kier alpha value is -2.18. The Kier molecular flexibility index (Phi) is 4.35. The SMILES string of the molecule is C[C@H]1CCC[C@@]2(C)[C@H](c3ccoc3)O[C@@H](OC(=O)c3ccc(F)cc3)[C@]12O. The molecule has 5 atom stereocenters. The molecule has 5 nitrogen and oxygen atoms in total. The predicted molar refractivity (Wildman–Crippen MR) is 94.2 cm³/mol. The van der Waals surface area contributed by atoms with Gasteiger partial charge in [0.05, 0.1) is 24.2 Å². The lowest BCUT2D eigenvalue weighted by molar-refractivity contribution is -0.209. The Labute approximate surface area is 157 Å². The van der Waals surface area contributed by atoms with Gasteiger partial charge in [0.25, 0.3) is 0 Å². The second-order valence-corrected chi connectivity index (χ2v) is 7.85. The first-order valence-electron chi connectivity index (χ1n) is 9.23. The number of hydrogen-bond acceptors (Lipinski definition) is 5. The third-order valence-electron chi connectivity index (χ3n) is 6.34. The minimum absolute atomic E-state index is 0.112. The summed E-state index contributed by atoms with van der Waals surface area (Å²) in [5.41, 5.74) is -0.934. The number of carbonyl (C=O) groups excluding carboxylic acids is 1. The van der Waals surface area contributed by atoms with Crippen LogP contribution in [0.4, 0.5) is 4.39 Å². The number of esters is 1. The first-order valence-corrected chi connectivity index (χ1v) is 9.23. The van der Waals surface area contributed by atoms with Gasteiger partial charge in [0, 0.05) is 11.0 Å². The Bertz CT molecular complexity index is 818. The van der Waals surface area contributed by atoms with Crippen molar-refractivity contribution in [1.82, 2.24) is 0 Å². The molecule has 1 N–H and O–H groups in total. The lowest BCUT2D eigenvalue weighted by Gasteiger charge is -2.49. The molecule has 0 amide bonds. The fourth-order valence-electron chi connectivity index (χ4n) is 4.72. The first-order chi connectivity index (χ1) is 12.9. The molecule has 1 saturated heterocycles. The minimum Gasteiger partial charge on any atom is -0.472 e. The van der Waals surface area contributed by atoms with Gasteiger partial charge in [-0.3, -0.25) is 0 Å². The summed E-state index contributed by atoms with van der Waals surface area (Å²) in [6.07, 6.45) is 4.11. The molecule has 0 unspecified atom stereocenters. The fourth-order valence-corrected chi connectivity index (χ4v) is 4.72. The molecule has 1 aliphatic carbocycles. The van der Waals surface area contributed by atoms with E-state index in [4.69, 9.17) is 13.9 Å². The molecule has 0 spiro atoms. The van der Waals surface area contributed by atoms with Gasteiger partial charge in [-0.1, -0.05) is 20.3 Å². The average molecular weight is 374 g/mol. The zero-order chi connectivity index (χ0) is 19.2. The van der Waals surface area contributed by atoms with E-state index in [9.17, 15) is 14.3 Å². The highest BCUT2D eigenvalue weighted by Crippen LogP contribution is 2.62. The highest BCUT2D eigenvalue weighted by Gasteiger charge is 2.68. The smallest absolute Gasteiger partial charge is 0.340 e. The number of fused-ring (bicyclic) bond motifs is 1. The van der Waals surface area contributed by atoms with E-state index < -0.39 is 35.2 Å². The summed E-state index contributed by atoms with van der Waals surface area (Å²) in [5, 5.41) is 11.7. The molecule has 0 bridgehead atoms. The summed E-state index contributed by atoms with van der Waals surface area (Å²) >= 11 is 0. The van der Waals surface area contributed by atoms with E-state index >= 15 is 0 Å². The van der Waals surface area contributed by atoms with Gasteiger partial charge in [0.15, 0.2) is 0 Å². The van der Waals surface area contributed by atoms with Crippen molar-refractivity contribution in [1.29, 1.82) is 0 Å². The highest BCUT2D eigenvalue weighted by molar-refractivity contribution is 5.89. The van der Waals surface area contributed by atoms with Crippen LogP contribution in [0.25, 0.3) is 0 Å². The van der Waals surface area contributed by atoms with Gasteiger partial charge >= 0.3 is 5.97 Å². The van der Waals surface area contributed by atoms with E-state index in [0.717, 1.165) is 24.8 Å². The Morgan fingerprint density at radius 2 is 2.04 bits per heavy atom. The topological polar surface area (TPSA) is 68.9 Å². The van der Waals surface area contributed by atoms with Crippen LogP contribution in [0, 0.1) is 17.2 Å². The van der Waals surface area contributed by atoms with Crippen LogP contribution < -0.4 is 0 Å². The van der Waals surface area contributed by atoms with Crippen molar-refractivity contribution in [3.05, 3.63) is 59.8 Å². The molecule has 2 fully saturated rings. The van der Waals surface area contributed by atoms with Crippen molar-refractivity contribution in [3.63, 3.8) is 0 Å². The molecule has 1 saturated carbocycles. The summed E-state index contributed by atoms with van der Waals surface area (Å²) in [6, 6.07) is 6.91. The summed E-state index contributed by atoms with van der Waals surface area (Å²) in [7, 11) is 0. The van der Waals surface area contributed by atoms with E-state index in [1.54, 1.807) is 18.6 Å². The molecule has 27 heavy (non-hydrogen) atoms. The standard InChI is InChI=1S/C21H23FO5/c1-13-4-3-10-20(2)17(15-9-11-25-12-15)26-19(21(13,20)24)27-18(23)14-5-7-16(22)8-6-14/h5-9,11-13,17,19,24H,3-4,10H2,1-2H3/t13-,17-,19-,20-,21+/m0/s1. The van der Waals surface area contributed by atoms with Gasteiger partial charge in [-0.05, 0) is 49.1 Å². The number of ether oxygens (including phenoxy) is 2. The lowest BCUT2D eigenvalue weighted by Crippen LogP contribution is -2.58. The third-order valence-corrected chi connectivity index (χ3v) is 6.34. The second kappa shape index (κ2) is 6.46. The van der Waals surface area contributed by atoms with Gasteiger partial charge in [-0.2, -0.15) is 0 Å². The van der Waals surface area contributed by atoms with Crippen LogP contribution in [0.3, 0.4) is 0 Å². The highest BCUT2D eigenvalue weighted by atomic mass is 19.1. The monoisotopic (exact) mass is 374 g/mol. The zero-order valence-electron chi connectivity index (χ0n) is 15.4. The van der Waals surface area contributed by atoms with Gasteiger partial charge < -0.3 is 19.0 Å². The average Bonchev–Trinajstić information content (AvgIpc) is 3.24. The van der Waals surface area contributed by atoms with Crippen molar-refractivity contribution in [2.75, 3.05) is 0 Å². The van der Waals surface area contributed by atoms with E-state index in [-0.39, 0.29) is 11.5 Å². The normalized spacial score (nSPS) is 35.6. The van der Waals surface area contributed by atoms with Crippen LogP contribution in [0.2, 0.25) is 0 Å². The van der Waals surface area contributed by atoms with Crippen LogP contribution in [0.1, 0.15) is 55.1 Å². The number of furan rings is 1. The summed E-state index contributed by atoms with van der Waals surface area (Å²) < 4.78 is 30.1. The van der Waals surface area contributed by atoms with Crippen molar-refractivity contribution in [2.24, 2.45) is 11.3 Å². The molecular weight excluding hydrogens is 351 g/mol. The molecule has 1 aromatic heterocycles. The molecule has 144 valence electrons. The minimum atomic E-state index is -1.33. The summed E-state index contributed by atoms with van der Waals surface area (Å²) in [6.45, 7) is 3.93. The molecule has 2 heterocycles. The van der Waals surface area contributed by atoms with Crippen LogP contribution in [-0.4, -0.2) is 23.0 Å². The second-order valence-electron chi connectivity index (χ2n) is 7.85. The Morgan fingerprint density at radius 1 is 1.30 bits per heavy atom. The van der Waals surface area contributed by atoms with Gasteiger partial charge in [-0.25, -0.2) is 9.18 Å². The van der Waals surface area contributed by atoms with Gasteiger partial charge in [-0.15, -0.1) is 0 Å². The number of aliphatic hydroxyl groups is 1. The number of hydrogen-bond donors (Lipinski definition) is 1. The van der Waals surface area contributed by atoms with E-state index in [2.05, 4.69) is 0 Å². The van der Waals surface area contributed by atoms with Crippen LogP contribution in [0.5, 0.6) is 0 Å². The van der Waals surface area contributed by atoms with Gasteiger partial charge in [0.1, 0.15) is 11.4 Å². The molecule has 4 rings (SSSR count). The largest absolute Gasteiger partial charge is 0.472 e. The molecule has 2 aromatic rings. The molecule has 1 aromatic carbocycles. The van der Waals surface area contributed by atoms with E-state index in [1.807, 2.05) is 13.8 Å². The third kappa shape index (κ3) is 2.70. The van der Waals surface area contributed by atoms with Crippen LogP contribution in [-0.2, 0) is 9.47 Å². The quantitative estimate of drug-likeness (QED) is 0.814. The number of benzene rings is 1. The van der Waals surface area contributed by atoms with Crippen LogP contribution >= 0.6 is 0 Å². The zero-order valence-corrected chi connectivity index (χ0v) is 15.4. The number of carbonyl (C=O) groups is 1. The maximum Gasteiger partial charge on any atom is 0.340 e. The summed E-state index contributed by atoms with van der Waals surface area (Å²) in [4.78, 5) is 12.6. The summed E-state index contributed by atoms with van der Waals surface area (Å²) in [5.74, 6) is -1.20. The Morgan fingerprint density at radius 3 is 2.70 bits per heavy atom. The number of halogens is 1. The lowest BCUT2D eigenvalue weighted by atomic mass is 9.58. The van der Waals surface area contributed by atoms with Crippen molar-refractivity contribution >= 4 is 5.97 Å². The van der Waals surface area contributed by atoms with Crippen molar-refractivity contribution < 1.29 is 28.2 Å². The maximum atomic E-state index is 13.1. The molecule has 2 aliphatic rings. The van der Waals surface area contributed by atoms with Crippen molar-refractivity contribution in [3.8, 4) is 0 Å². The Balaban J connectivity index is 1.67. The van der Waals surface area contributed by atoms with E-state index in [1.165, 1.54) is 24.3 Å². The molecular formula is C21H23FO5. The van der Waals surface area contributed by atoms with Crippen molar-refractivity contribution in [2.45, 2.75) is 51.1 Å². The molecule has 0 radical (unpaired) electrons.